The minimum atomic E-state index is 0.974. The molecule has 0 spiro atoms. The maximum Gasteiger partial charge on any atom is 0.0839 e. The number of benzene rings is 1. The monoisotopic (exact) mass is 278 g/mol. The SMILES string of the molecule is Cc1cc(C)c(C(=S)Sc2cccs2)c(C)c1. The zero-order valence-corrected chi connectivity index (χ0v) is 12.6. The van der Waals surface area contributed by atoms with Gasteiger partial charge in [-0.15, -0.1) is 11.3 Å². The predicted molar refractivity (Wildman–Crippen MR) is 82.5 cm³/mol. The van der Waals surface area contributed by atoms with E-state index in [2.05, 4.69) is 50.4 Å². The molecule has 0 saturated heterocycles. The number of thiophene rings is 1. The fourth-order valence-electron chi connectivity index (χ4n) is 1.97. The Morgan fingerprint density at radius 2 is 1.82 bits per heavy atom. The summed E-state index contributed by atoms with van der Waals surface area (Å²) in [5, 5.41) is 2.08. The van der Waals surface area contributed by atoms with E-state index in [-0.39, 0.29) is 0 Å². The van der Waals surface area contributed by atoms with Crippen LogP contribution in [0.25, 0.3) is 0 Å². The van der Waals surface area contributed by atoms with Gasteiger partial charge in [0.1, 0.15) is 0 Å². The number of aryl methyl sites for hydroxylation is 3. The van der Waals surface area contributed by atoms with Crippen molar-refractivity contribution in [2.75, 3.05) is 0 Å². The average molecular weight is 278 g/mol. The maximum atomic E-state index is 5.56. The topological polar surface area (TPSA) is 0 Å². The fourth-order valence-corrected chi connectivity index (χ4v) is 4.53. The van der Waals surface area contributed by atoms with Crippen LogP contribution in [0.3, 0.4) is 0 Å². The molecule has 0 aliphatic heterocycles. The first-order valence-corrected chi connectivity index (χ1v) is 7.52. The van der Waals surface area contributed by atoms with Gasteiger partial charge < -0.3 is 0 Å². The molecule has 0 radical (unpaired) electrons. The zero-order valence-electron chi connectivity index (χ0n) is 10.1. The van der Waals surface area contributed by atoms with Crippen molar-refractivity contribution < 1.29 is 0 Å². The summed E-state index contributed by atoms with van der Waals surface area (Å²) in [6.45, 7) is 6.40. The Hall–Kier alpha value is -0.640. The quantitative estimate of drug-likeness (QED) is 0.551. The third kappa shape index (κ3) is 2.97. The normalized spacial score (nSPS) is 10.5. The Morgan fingerprint density at radius 3 is 2.35 bits per heavy atom. The average Bonchev–Trinajstić information content (AvgIpc) is 2.68. The van der Waals surface area contributed by atoms with Crippen LogP contribution in [0, 0.1) is 20.8 Å². The third-order valence-corrected chi connectivity index (χ3v) is 4.95. The van der Waals surface area contributed by atoms with Crippen molar-refractivity contribution in [3.8, 4) is 0 Å². The van der Waals surface area contributed by atoms with E-state index in [1.807, 2.05) is 0 Å². The molecule has 3 heteroatoms. The Labute approximate surface area is 116 Å². The molecular formula is C14H14S3. The van der Waals surface area contributed by atoms with Crippen LogP contribution in [0.5, 0.6) is 0 Å². The first-order valence-electron chi connectivity index (χ1n) is 5.41. The molecule has 0 bridgehead atoms. The maximum absolute atomic E-state index is 5.56. The summed E-state index contributed by atoms with van der Waals surface area (Å²) in [4.78, 5) is 0. The number of rotatable bonds is 2. The van der Waals surface area contributed by atoms with Gasteiger partial charge in [0.15, 0.2) is 0 Å². The fraction of sp³-hybridized carbons (Fsp3) is 0.214. The van der Waals surface area contributed by atoms with Crippen LogP contribution < -0.4 is 0 Å². The van der Waals surface area contributed by atoms with Crippen molar-refractivity contribution in [3.05, 3.63) is 51.9 Å². The van der Waals surface area contributed by atoms with E-state index in [1.54, 1.807) is 23.1 Å². The van der Waals surface area contributed by atoms with Gasteiger partial charge in [-0.3, -0.25) is 0 Å². The molecule has 0 saturated carbocycles. The second kappa shape index (κ2) is 5.34. The molecule has 88 valence electrons. The summed E-state index contributed by atoms with van der Waals surface area (Å²) in [5.41, 5.74) is 5.07. The highest BCUT2D eigenvalue weighted by Crippen LogP contribution is 2.30. The lowest BCUT2D eigenvalue weighted by molar-refractivity contribution is 1.31. The Morgan fingerprint density at radius 1 is 1.18 bits per heavy atom. The molecule has 0 aliphatic carbocycles. The molecule has 0 fully saturated rings. The number of hydrogen-bond donors (Lipinski definition) is 0. The van der Waals surface area contributed by atoms with E-state index >= 15 is 0 Å². The van der Waals surface area contributed by atoms with E-state index in [0.29, 0.717) is 0 Å². The molecule has 17 heavy (non-hydrogen) atoms. The third-order valence-electron chi connectivity index (χ3n) is 2.57. The zero-order chi connectivity index (χ0) is 12.4. The van der Waals surface area contributed by atoms with Gasteiger partial charge in [-0.25, -0.2) is 0 Å². The second-order valence-electron chi connectivity index (χ2n) is 4.10. The molecular weight excluding hydrogens is 264 g/mol. The number of hydrogen-bond acceptors (Lipinski definition) is 3. The van der Waals surface area contributed by atoms with Crippen molar-refractivity contribution in [3.63, 3.8) is 0 Å². The van der Waals surface area contributed by atoms with E-state index in [0.717, 1.165) is 4.20 Å². The molecule has 0 N–H and O–H groups in total. The molecule has 2 aromatic rings. The van der Waals surface area contributed by atoms with Crippen LogP contribution in [0.15, 0.2) is 33.9 Å². The van der Waals surface area contributed by atoms with E-state index in [9.17, 15) is 0 Å². The summed E-state index contributed by atoms with van der Waals surface area (Å²) in [6, 6.07) is 8.57. The van der Waals surface area contributed by atoms with E-state index < -0.39 is 0 Å². The molecule has 0 aliphatic rings. The van der Waals surface area contributed by atoms with Gasteiger partial charge in [-0.2, -0.15) is 0 Å². The Bertz CT molecular complexity index is 516. The lowest BCUT2D eigenvalue weighted by Gasteiger charge is -2.11. The van der Waals surface area contributed by atoms with E-state index in [4.69, 9.17) is 12.2 Å². The summed E-state index contributed by atoms with van der Waals surface area (Å²) in [7, 11) is 0. The summed E-state index contributed by atoms with van der Waals surface area (Å²) in [6.07, 6.45) is 0. The molecule has 0 unspecified atom stereocenters. The number of thioether (sulfide) groups is 1. The smallest absolute Gasteiger partial charge is 0.0839 e. The molecule has 1 heterocycles. The lowest BCUT2D eigenvalue weighted by Crippen LogP contribution is -1.99. The minimum Gasteiger partial charge on any atom is -0.137 e. The van der Waals surface area contributed by atoms with Crippen molar-refractivity contribution in [1.82, 2.24) is 0 Å². The second-order valence-corrected chi connectivity index (χ2v) is 7.02. The Balaban J connectivity index is 2.31. The van der Waals surface area contributed by atoms with Crippen molar-refractivity contribution >= 4 is 39.5 Å². The predicted octanol–water partition coefficient (Wildman–Crippen LogP) is 5.14. The summed E-state index contributed by atoms with van der Waals surface area (Å²) >= 11 is 8.98. The molecule has 1 aromatic heterocycles. The van der Waals surface area contributed by atoms with Crippen LogP contribution in [0.4, 0.5) is 0 Å². The molecule has 0 amide bonds. The first-order chi connectivity index (χ1) is 8.08. The van der Waals surface area contributed by atoms with Crippen LogP contribution in [-0.4, -0.2) is 4.20 Å². The van der Waals surface area contributed by atoms with Crippen LogP contribution in [0.2, 0.25) is 0 Å². The van der Waals surface area contributed by atoms with Gasteiger partial charge in [0, 0.05) is 5.56 Å². The molecule has 2 rings (SSSR count). The van der Waals surface area contributed by atoms with Crippen LogP contribution in [-0.2, 0) is 0 Å². The van der Waals surface area contributed by atoms with Crippen molar-refractivity contribution in [1.29, 1.82) is 0 Å². The highest BCUT2D eigenvalue weighted by atomic mass is 32.2. The van der Waals surface area contributed by atoms with Crippen LogP contribution in [0.1, 0.15) is 22.3 Å². The van der Waals surface area contributed by atoms with Gasteiger partial charge in [0.2, 0.25) is 0 Å². The highest BCUT2D eigenvalue weighted by Gasteiger charge is 2.11. The molecule has 0 atom stereocenters. The van der Waals surface area contributed by atoms with E-state index in [1.165, 1.54) is 26.5 Å². The summed E-state index contributed by atoms with van der Waals surface area (Å²) in [5.74, 6) is 0. The van der Waals surface area contributed by atoms with Gasteiger partial charge >= 0.3 is 0 Å². The van der Waals surface area contributed by atoms with Crippen molar-refractivity contribution in [2.24, 2.45) is 0 Å². The summed E-state index contributed by atoms with van der Waals surface area (Å²) < 4.78 is 2.23. The van der Waals surface area contributed by atoms with Crippen LogP contribution >= 0.6 is 35.3 Å². The highest BCUT2D eigenvalue weighted by molar-refractivity contribution is 8.24. The molecule has 0 nitrogen and oxygen atoms in total. The Kier molecular flexibility index (Phi) is 4.02. The van der Waals surface area contributed by atoms with Gasteiger partial charge in [0.25, 0.3) is 0 Å². The lowest BCUT2D eigenvalue weighted by atomic mass is 10.0. The molecule has 1 aromatic carbocycles. The largest absolute Gasteiger partial charge is 0.137 e. The first kappa shape index (κ1) is 12.8. The van der Waals surface area contributed by atoms with Gasteiger partial charge in [-0.1, -0.05) is 47.7 Å². The standard InChI is InChI=1S/C14H14S3/c1-9-7-10(2)13(11(3)8-9)14(15)17-12-5-4-6-16-12/h4-8H,1-3H3. The number of thiocarbonyl (C=S) groups is 1. The van der Waals surface area contributed by atoms with Gasteiger partial charge in [0.05, 0.1) is 8.41 Å². The van der Waals surface area contributed by atoms with Crippen molar-refractivity contribution in [2.45, 2.75) is 25.0 Å². The minimum absolute atomic E-state index is 0.974. The van der Waals surface area contributed by atoms with Gasteiger partial charge in [-0.05, 0) is 43.3 Å².